The zero-order valence-electron chi connectivity index (χ0n) is 9.72. The summed E-state index contributed by atoms with van der Waals surface area (Å²) >= 11 is 0. The van der Waals surface area contributed by atoms with Crippen molar-refractivity contribution in [3.05, 3.63) is 46.5 Å². The fourth-order valence-corrected chi connectivity index (χ4v) is 1.69. The van der Waals surface area contributed by atoms with Crippen molar-refractivity contribution in [2.75, 3.05) is 0 Å². The number of nitrogens with zero attached hydrogens (tertiary/aromatic N) is 4. The lowest BCUT2D eigenvalue weighted by Crippen LogP contribution is -2.08. The van der Waals surface area contributed by atoms with E-state index in [4.69, 9.17) is 0 Å². The van der Waals surface area contributed by atoms with Crippen LogP contribution in [0.3, 0.4) is 0 Å². The van der Waals surface area contributed by atoms with E-state index in [0.29, 0.717) is 0 Å². The van der Waals surface area contributed by atoms with Gasteiger partial charge in [-0.15, -0.1) is 0 Å². The number of alkyl halides is 3. The Morgan fingerprint density at radius 3 is 2.50 bits per heavy atom. The predicted octanol–water partition coefficient (Wildman–Crippen LogP) is 1.95. The Kier molecular flexibility index (Phi) is 2.60. The monoisotopic (exact) mass is 278 g/mol. The first-order chi connectivity index (χ1) is 9.45. The van der Waals surface area contributed by atoms with E-state index in [-0.39, 0.29) is 22.2 Å². The molecule has 0 saturated carbocycles. The van der Waals surface area contributed by atoms with Gasteiger partial charge < -0.3 is 0 Å². The Morgan fingerprint density at radius 2 is 1.75 bits per heavy atom. The van der Waals surface area contributed by atoms with Crippen LogP contribution in [0.1, 0.15) is 5.69 Å². The van der Waals surface area contributed by atoms with Crippen molar-refractivity contribution in [1.82, 2.24) is 19.9 Å². The fraction of sp³-hybridized carbons (Fsp3) is 0.0833. The molecule has 5 nitrogen and oxygen atoms in total. The number of fused-ring (bicyclic) bond motifs is 2. The van der Waals surface area contributed by atoms with Gasteiger partial charge >= 0.3 is 6.18 Å². The molecule has 0 bridgehead atoms. The summed E-state index contributed by atoms with van der Waals surface area (Å²) in [6, 6.07) is 4.80. The van der Waals surface area contributed by atoms with Gasteiger partial charge in [-0.3, -0.25) is 4.79 Å². The van der Waals surface area contributed by atoms with Gasteiger partial charge in [0.05, 0.1) is 5.39 Å². The Bertz CT molecular complexity index is 879. The zero-order valence-corrected chi connectivity index (χ0v) is 9.72. The molecule has 0 aliphatic rings. The molecule has 0 fully saturated rings. The molecule has 0 aliphatic carbocycles. The second-order valence-corrected chi connectivity index (χ2v) is 3.94. The minimum Gasteiger partial charge on any atom is -0.267 e. The molecule has 0 aromatic carbocycles. The van der Waals surface area contributed by atoms with Crippen LogP contribution in [-0.4, -0.2) is 19.9 Å². The van der Waals surface area contributed by atoms with Gasteiger partial charge in [0.15, 0.2) is 11.3 Å². The highest BCUT2D eigenvalue weighted by Crippen LogP contribution is 2.28. The van der Waals surface area contributed by atoms with Gasteiger partial charge in [0, 0.05) is 6.20 Å². The number of hydrogen-bond donors (Lipinski definition) is 0. The number of halogens is 3. The minimum absolute atomic E-state index is 0.00632. The van der Waals surface area contributed by atoms with Crippen molar-refractivity contribution in [2.45, 2.75) is 6.18 Å². The van der Waals surface area contributed by atoms with Crippen LogP contribution < -0.4 is 5.56 Å². The summed E-state index contributed by atoms with van der Waals surface area (Å²) < 4.78 is 37.8. The van der Waals surface area contributed by atoms with Crippen LogP contribution in [0.5, 0.6) is 0 Å². The van der Waals surface area contributed by atoms with Gasteiger partial charge in [0.2, 0.25) is 0 Å². The number of pyridine rings is 2. The lowest BCUT2D eigenvalue weighted by atomic mass is 10.3. The van der Waals surface area contributed by atoms with Crippen molar-refractivity contribution < 1.29 is 13.2 Å². The van der Waals surface area contributed by atoms with Crippen LogP contribution in [0.15, 0.2) is 35.3 Å². The highest BCUT2D eigenvalue weighted by molar-refractivity contribution is 5.79. The van der Waals surface area contributed by atoms with Crippen molar-refractivity contribution in [2.24, 2.45) is 0 Å². The molecule has 0 aliphatic heterocycles. The first-order valence-corrected chi connectivity index (χ1v) is 5.46. The molecule has 20 heavy (non-hydrogen) atoms. The van der Waals surface area contributed by atoms with Crippen molar-refractivity contribution in [3.8, 4) is 0 Å². The normalized spacial score (nSPS) is 11.9. The van der Waals surface area contributed by atoms with Gasteiger partial charge in [0.25, 0.3) is 5.56 Å². The molecule has 100 valence electrons. The van der Waals surface area contributed by atoms with E-state index < -0.39 is 17.4 Å². The molecular formula is C12H5F3N4O. The average molecular weight is 278 g/mol. The maximum absolute atomic E-state index is 12.6. The van der Waals surface area contributed by atoms with Gasteiger partial charge in [0.1, 0.15) is 11.2 Å². The third-order valence-electron chi connectivity index (χ3n) is 2.60. The average Bonchev–Trinajstić information content (AvgIpc) is 2.53. The van der Waals surface area contributed by atoms with E-state index in [2.05, 4.69) is 19.9 Å². The second kappa shape index (κ2) is 4.19. The Morgan fingerprint density at radius 1 is 0.950 bits per heavy atom. The molecule has 0 radical (unpaired) electrons. The molecule has 3 heterocycles. The number of rotatable bonds is 0. The molecule has 8 heteroatoms. The molecule has 3 aromatic rings. The predicted molar refractivity (Wildman–Crippen MR) is 63.9 cm³/mol. The molecule has 0 unspecified atom stereocenters. The van der Waals surface area contributed by atoms with Crippen LogP contribution in [0, 0.1) is 0 Å². The standard InChI is InChI=1S/C12H5F3N4O/c13-12(14,15)8-4-3-7-10(18-8)19-9-6(11(20)17-7)2-1-5-16-9/h1-5H. The van der Waals surface area contributed by atoms with Gasteiger partial charge in [-0.25, -0.2) is 19.9 Å². The SMILES string of the molecule is O=c1nc2ccc(C(F)(F)F)nc2nc2ncccc12. The maximum atomic E-state index is 12.6. The molecule has 0 atom stereocenters. The van der Waals surface area contributed by atoms with E-state index in [9.17, 15) is 18.0 Å². The highest BCUT2D eigenvalue weighted by Gasteiger charge is 2.32. The Balaban J connectivity index is 2.45. The van der Waals surface area contributed by atoms with E-state index in [1.165, 1.54) is 18.3 Å². The third kappa shape index (κ3) is 2.04. The van der Waals surface area contributed by atoms with Crippen LogP contribution >= 0.6 is 0 Å². The van der Waals surface area contributed by atoms with E-state index in [0.717, 1.165) is 12.1 Å². The van der Waals surface area contributed by atoms with Gasteiger partial charge in [-0.2, -0.15) is 13.2 Å². The molecule has 0 amide bonds. The van der Waals surface area contributed by atoms with Crippen LogP contribution in [-0.2, 0) is 6.18 Å². The Labute approximate surface area is 109 Å². The smallest absolute Gasteiger partial charge is 0.267 e. The molecule has 0 spiro atoms. The number of aromatic nitrogens is 4. The molecule has 3 aromatic heterocycles. The van der Waals surface area contributed by atoms with Gasteiger partial charge in [-0.1, -0.05) is 0 Å². The quantitative estimate of drug-likeness (QED) is 0.628. The molecule has 0 saturated heterocycles. The summed E-state index contributed by atoms with van der Waals surface area (Å²) in [6.45, 7) is 0. The topological polar surface area (TPSA) is 68.6 Å². The van der Waals surface area contributed by atoms with Crippen molar-refractivity contribution in [1.29, 1.82) is 0 Å². The van der Waals surface area contributed by atoms with E-state index in [1.807, 2.05) is 0 Å². The van der Waals surface area contributed by atoms with Crippen molar-refractivity contribution in [3.63, 3.8) is 0 Å². The molecular weight excluding hydrogens is 273 g/mol. The summed E-state index contributed by atoms with van der Waals surface area (Å²) in [6.07, 6.45) is -3.21. The zero-order chi connectivity index (χ0) is 14.3. The van der Waals surface area contributed by atoms with Crippen LogP contribution in [0.2, 0.25) is 0 Å². The summed E-state index contributed by atoms with van der Waals surface area (Å²) in [5.41, 5.74) is -1.99. The maximum Gasteiger partial charge on any atom is 0.433 e. The third-order valence-corrected chi connectivity index (χ3v) is 2.60. The summed E-state index contributed by atoms with van der Waals surface area (Å²) in [7, 11) is 0. The largest absolute Gasteiger partial charge is 0.433 e. The lowest BCUT2D eigenvalue weighted by molar-refractivity contribution is -0.141. The molecule has 3 rings (SSSR count). The second-order valence-electron chi connectivity index (χ2n) is 3.94. The first-order valence-electron chi connectivity index (χ1n) is 5.46. The van der Waals surface area contributed by atoms with E-state index in [1.54, 1.807) is 0 Å². The highest BCUT2D eigenvalue weighted by atomic mass is 19.4. The molecule has 0 N–H and O–H groups in total. The first kappa shape index (κ1) is 12.4. The van der Waals surface area contributed by atoms with E-state index >= 15 is 0 Å². The Hall–Kier alpha value is -2.64. The lowest BCUT2D eigenvalue weighted by Gasteiger charge is -2.04. The number of hydrogen-bond acceptors (Lipinski definition) is 5. The van der Waals surface area contributed by atoms with Crippen LogP contribution in [0.25, 0.3) is 22.2 Å². The van der Waals surface area contributed by atoms with Gasteiger partial charge in [-0.05, 0) is 24.3 Å². The van der Waals surface area contributed by atoms with Crippen molar-refractivity contribution >= 4 is 22.2 Å². The minimum atomic E-state index is -4.59. The fourth-order valence-electron chi connectivity index (χ4n) is 1.69. The summed E-state index contributed by atoms with van der Waals surface area (Å²) in [5.74, 6) is 0. The van der Waals surface area contributed by atoms with Crippen LogP contribution in [0.4, 0.5) is 13.2 Å². The summed E-state index contributed by atoms with van der Waals surface area (Å²) in [4.78, 5) is 26.7. The summed E-state index contributed by atoms with van der Waals surface area (Å²) in [5, 5.41) is 0.124.